The Kier molecular flexibility index (Phi) is 7.33. The molecule has 5 rings (SSSR count). The van der Waals surface area contributed by atoms with E-state index in [2.05, 4.69) is 5.10 Å². The molecule has 204 valence electrons. The number of halogens is 3. The number of aliphatic carboxylic acids is 1. The SMILES string of the molecule is CC(C)(Sc1ccc(OC(c2ccccc2)c2cccc3c2cnn3-c2ccc(C(F)(F)F)cc2)cc1)C(=O)O. The molecule has 0 aliphatic heterocycles. The smallest absolute Gasteiger partial charge is 0.416 e. The van der Waals surface area contributed by atoms with E-state index in [0.29, 0.717) is 11.4 Å². The molecule has 5 nitrogen and oxygen atoms in total. The number of hydrogen-bond donors (Lipinski definition) is 1. The van der Waals surface area contributed by atoms with Gasteiger partial charge in [-0.2, -0.15) is 18.3 Å². The third kappa shape index (κ3) is 5.70. The molecule has 4 aromatic carbocycles. The molecule has 0 aliphatic rings. The van der Waals surface area contributed by atoms with Crippen molar-refractivity contribution < 1.29 is 27.8 Å². The Morgan fingerprint density at radius 1 is 0.900 bits per heavy atom. The molecule has 9 heteroatoms. The Labute approximate surface area is 233 Å². The lowest BCUT2D eigenvalue weighted by molar-refractivity contribution is -0.139. The summed E-state index contributed by atoms with van der Waals surface area (Å²) in [6.45, 7) is 3.31. The van der Waals surface area contributed by atoms with Crippen LogP contribution in [0.3, 0.4) is 0 Å². The average molecular weight is 563 g/mol. The Morgan fingerprint density at radius 3 is 2.20 bits per heavy atom. The largest absolute Gasteiger partial charge is 0.481 e. The second kappa shape index (κ2) is 10.7. The van der Waals surface area contributed by atoms with Crippen LogP contribution in [0.1, 0.15) is 36.6 Å². The van der Waals surface area contributed by atoms with E-state index in [4.69, 9.17) is 4.74 Å². The predicted octanol–water partition coefficient (Wildman–Crippen LogP) is 8.17. The number of rotatable bonds is 8. The fourth-order valence-corrected chi connectivity index (χ4v) is 5.25. The monoisotopic (exact) mass is 562 g/mol. The van der Waals surface area contributed by atoms with Crippen LogP contribution in [0.25, 0.3) is 16.6 Å². The first-order valence-corrected chi connectivity index (χ1v) is 13.2. The normalized spacial score (nSPS) is 12.8. The van der Waals surface area contributed by atoms with Gasteiger partial charge in [-0.3, -0.25) is 4.79 Å². The van der Waals surface area contributed by atoms with Gasteiger partial charge in [0, 0.05) is 15.8 Å². The Bertz CT molecular complexity index is 1630. The van der Waals surface area contributed by atoms with Gasteiger partial charge >= 0.3 is 12.1 Å². The van der Waals surface area contributed by atoms with Crippen molar-refractivity contribution >= 4 is 28.6 Å². The predicted molar refractivity (Wildman–Crippen MR) is 149 cm³/mol. The van der Waals surface area contributed by atoms with Gasteiger partial charge in [-0.25, -0.2) is 4.68 Å². The number of nitrogens with zero attached hydrogens (tertiary/aromatic N) is 2. The zero-order chi connectivity index (χ0) is 28.5. The summed E-state index contributed by atoms with van der Waals surface area (Å²) in [4.78, 5) is 12.3. The van der Waals surface area contributed by atoms with E-state index in [-0.39, 0.29) is 0 Å². The third-order valence-electron chi connectivity index (χ3n) is 6.44. The molecule has 1 unspecified atom stereocenters. The van der Waals surface area contributed by atoms with E-state index in [1.165, 1.54) is 23.9 Å². The van der Waals surface area contributed by atoms with Gasteiger partial charge < -0.3 is 9.84 Å². The average Bonchev–Trinajstić information content (AvgIpc) is 3.37. The molecule has 0 fully saturated rings. The minimum Gasteiger partial charge on any atom is -0.481 e. The third-order valence-corrected chi connectivity index (χ3v) is 7.63. The van der Waals surface area contributed by atoms with Crippen molar-refractivity contribution in [3.8, 4) is 11.4 Å². The van der Waals surface area contributed by atoms with Gasteiger partial charge in [-0.15, -0.1) is 11.8 Å². The highest BCUT2D eigenvalue weighted by atomic mass is 32.2. The number of benzene rings is 4. The summed E-state index contributed by atoms with van der Waals surface area (Å²) in [5.41, 5.74) is 2.26. The van der Waals surface area contributed by atoms with E-state index in [0.717, 1.165) is 39.1 Å². The lowest BCUT2D eigenvalue weighted by Crippen LogP contribution is -2.26. The van der Waals surface area contributed by atoms with Crippen LogP contribution in [0.15, 0.2) is 108 Å². The quantitative estimate of drug-likeness (QED) is 0.193. The summed E-state index contributed by atoms with van der Waals surface area (Å²) in [7, 11) is 0. The molecule has 1 N–H and O–H groups in total. The summed E-state index contributed by atoms with van der Waals surface area (Å²) in [5, 5.41) is 14.7. The van der Waals surface area contributed by atoms with Gasteiger partial charge in [-0.05, 0) is 74.0 Å². The topological polar surface area (TPSA) is 64.4 Å². The standard InChI is InChI=1S/C31H25F3N2O3S/c1-30(2,29(37)38)40-24-17-15-23(16-18-24)39-28(20-7-4-3-5-8-20)25-9-6-10-27-26(25)19-35-36(27)22-13-11-21(12-14-22)31(32,33)34/h3-19,28H,1-2H3,(H,37,38). The summed E-state index contributed by atoms with van der Waals surface area (Å²) in [6.07, 6.45) is -3.24. The first-order chi connectivity index (χ1) is 19.0. The number of hydrogen-bond acceptors (Lipinski definition) is 4. The highest BCUT2D eigenvalue weighted by molar-refractivity contribution is 8.01. The zero-order valence-electron chi connectivity index (χ0n) is 21.6. The van der Waals surface area contributed by atoms with Gasteiger partial charge in [-0.1, -0.05) is 42.5 Å². The number of thioether (sulfide) groups is 1. The molecule has 1 heterocycles. The fraction of sp³-hybridized carbons (Fsp3) is 0.161. The van der Waals surface area contributed by atoms with Crippen molar-refractivity contribution in [1.82, 2.24) is 9.78 Å². The van der Waals surface area contributed by atoms with Crippen LogP contribution < -0.4 is 4.74 Å². The van der Waals surface area contributed by atoms with Crippen LogP contribution in [-0.2, 0) is 11.0 Å². The number of alkyl halides is 3. The molecule has 0 spiro atoms. The second-order valence-electron chi connectivity index (χ2n) is 9.68. The van der Waals surface area contributed by atoms with E-state index in [9.17, 15) is 23.1 Å². The van der Waals surface area contributed by atoms with Gasteiger partial charge in [0.1, 0.15) is 16.6 Å². The maximum atomic E-state index is 13.1. The number of carbonyl (C=O) groups is 1. The van der Waals surface area contributed by atoms with Crippen LogP contribution in [0, 0.1) is 0 Å². The van der Waals surface area contributed by atoms with Gasteiger partial charge in [0.15, 0.2) is 0 Å². The molecule has 1 atom stereocenters. The molecule has 0 radical (unpaired) electrons. The highest BCUT2D eigenvalue weighted by Crippen LogP contribution is 2.37. The number of aromatic nitrogens is 2. The number of ether oxygens (including phenoxy) is 1. The zero-order valence-corrected chi connectivity index (χ0v) is 22.4. The van der Waals surface area contributed by atoms with Crippen molar-refractivity contribution in [1.29, 1.82) is 0 Å². The van der Waals surface area contributed by atoms with Crippen molar-refractivity contribution in [2.24, 2.45) is 0 Å². The first-order valence-electron chi connectivity index (χ1n) is 12.4. The molecular weight excluding hydrogens is 537 g/mol. The lowest BCUT2D eigenvalue weighted by Gasteiger charge is -2.22. The van der Waals surface area contributed by atoms with E-state index < -0.39 is 28.6 Å². The summed E-state index contributed by atoms with van der Waals surface area (Å²) < 4.78 is 46.3. The second-order valence-corrected chi connectivity index (χ2v) is 11.4. The molecular formula is C31H25F3N2O3S. The van der Waals surface area contributed by atoms with Crippen LogP contribution in [0.2, 0.25) is 0 Å². The highest BCUT2D eigenvalue weighted by Gasteiger charge is 2.30. The van der Waals surface area contributed by atoms with Crippen LogP contribution >= 0.6 is 11.8 Å². The lowest BCUT2D eigenvalue weighted by atomic mass is 9.98. The van der Waals surface area contributed by atoms with Crippen LogP contribution in [0.4, 0.5) is 13.2 Å². The minimum atomic E-state index is -4.42. The van der Waals surface area contributed by atoms with Crippen molar-refractivity contribution in [3.05, 3.63) is 120 Å². The fourth-order valence-electron chi connectivity index (χ4n) is 4.30. The number of carboxylic acids is 1. The maximum absolute atomic E-state index is 13.1. The molecule has 5 aromatic rings. The molecule has 1 aromatic heterocycles. The first kappa shape index (κ1) is 27.3. The molecule has 0 amide bonds. The van der Waals surface area contributed by atoms with Crippen molar-refractivity contribution in [2.45, 2.75) is 35.8 Å². The Hall–Kier alpha value is -4.24. The van der Waals surface area contributed by atoms with Crippen LogP contribution in [0.5, 0.6) is 5.75 Å². The van der Waals surface area contributed by atoms with Gasteiger partial charge in [0.05, 0.1) is 23.0 Å². The summed E-state index contributed by atoms with van der Waals surface area (Å²) in [5.74, 6) is -0.301. The molecule has 0 aliphatic carbocycles. The summed E-state index contributed by atoms with van der Waals surface area (Å²) >= 11 is 1.25. The molecule has 40 heavy (non-hydrogen) atoms. The van der Waals surface area contributed by atoms with Gasteiger partial charge in [0.25, 0.3) is 0 Å². The van der Waals surface area contributed by atoms with Crippen molar-refractivity contribution in [2.75, 3.05) is 0 Å². The van der Waals surface area contributed by atoms with E-state index >= 15 is 0 Å². The number of fused-ring (bicyclic) bond motifs is 1. The number of carboxylic acid groups (broad SMARTS) is 1. The van der Waals surface area contributed by atoms with Crippen molar-refractivity contribution in [3.63, 3.8) is 0 Å². The Balaban J connectivity index is 1.50. The molecule has 0 saturated carbocycles. The van der Waals surface area contributed by atoms with E-state index in [1.807, 2.05) is 72.8 Å². The minimum absolute atomic E-state index is 0.509. The van der Waals surface area contributed by atoms with Gasteiger partial charge in [0.2, 0.25) is 0 Å². The molecule has 0 saturated heterocycles. The molecule has 0 bridgehead atoms. The van der Waals surface area contributed by atoms with E-state index in [1.54, 1.807) is 24.7 Å². The Morgan fingerprint density at radius 2 is 1.57 bits per heavy atom. The maximum Gasteiger partial charge on any atom is 0.416 e. The van der Waals surface area contributed by atoms with Crippen LogP contribution in [-0.4, -0.2) is 25.6 Å². The summed E-state index contributed by atoms with van der Waals surface area (Å²) in [6, 6.07) is 27.5.